The van der Waals surface area contributed by atoms with E-state index in [4.69, 9.17) is 11.6 Å². The molecule has 1 aliphatic heterocycles. The van der Waals surface area contributed by atoms with Gasteiger partial charge in [0.2, 0.25) is 15.9 Å². The number of amides is 1. The molecule has 1 atom stereocenters. The van der Waals surface area contributed by atoms with Crippen LogP contribution < -0.4 is 9.62 Å². The van der Waals surface area contributed by atoms with Crippen molar-refractivity contribution in [1.29, 1.82) is 0 Å². The van der Waals surface area contributed by atoms with Crippen molar-refractivity contribution in [2.45, 2.75) is 33.1 Å². The maximum atomic E-state index is 12.8. The Labute approximate surface area is 164 Å². The lowest BCUT2D eigenvalue weighted by Gasteiger charge is -2.19. The fourth-order valence-corrected chi connectivity index (χ4v) is 5.20. The quantitative estimate of drug-likeness (QED) is 0.839. The lowest BCUT2D eigenvalue weighted by atomic mass is 9.98. The zero-order valence-electron chi connectivity index (χ0n) is 15.8. The summed E-state index contributed by atoms with van der Waals surface area (Å²) in [5, 5.41) is 7.55. The molecule has 7 nitrogen and oxygen atoms in total. The summed E-state index contributed by atoms with van der Waals surface area (Å²) in [6, 6.07) is 4.87. The Morgan fingerprint density at radius 3 is 2.59 bits per heavy atom. The number of aromatic nitrogens is 2. The molecule has 1 unspecified atom stereocenters. The van der Waals surface area contributed by atoms with Gasteiger partial charge >= 0.3 is 0 Å². The molecule has 1 amide bonds. The molecule has 146 valence electrons. The maximum Gasteiger partial charge on any atom is 0.235 e. The van der Waals surface area contributed by atoms with Crippen LogP contribution in [0.1, 0.15) is 36.2 Å². The van der Waals surface area contributed by atoms with Crippen molar-refractivity contribution in [3.8, 4) is 0 Å². The van der Waals surface area contributed by atoms with E-state index in [9.17, 15) is 13.2 Å². The van der Waals surface area contributed by atoms with Gasteiger partial charge in [0.05, 0.1) is 33.8 Å². The minimum atomic E-state index is -3.30. The molecule has 2 aromatic rings. The lowest BCUT2D eigenvalue weighted by Crippen LogP contribution is -2.25. The van der Waals surface area contributed by atoms with Crippen LogP contribution in [0.2, 0.25) is 5.02 Å². The number of aryl methyl sites for hydroxylation is 2. The third-order valence-corrected chi connectivity index (χ3v) is 7.19. The van der Waals surface area contributed by atoms with E-state index >= 15 is 0 Å². The van der Waals surface area contributed by atoms with Crippen molar-refractivity contribution in [2.24, 2.45) is 7.05 Å². The summed E-state index contributed by atoms with van der Waals surface area (Å²) in [6.07, 6.45) is 0.587. The number of halogens is 1. The number of benzene rings is 1. The molecule has 0 saturated carbocycles. The van der Waals surface area contributed by atoms with Crippen molar-refractivity contribution in [3.63, 3.8) is 0 Å². The predicted octanol–water partition coefficient (Wildman–Crippen LogP) is 2.97. The molecule has 0 aliphatic carbocycles. The number of sulfonamides is 1. The van der Waals surface area contributed by atoms with Crippen LogP contribution in [0, 0.1) is 13.8 Å². The molecule has 27 heavy (non-hydrogen) atoms. The average molecular weight is 411 g/mol. The van der Waals surface area contributed by atoms with Crippen molar-refractivity contribution < 1.29 is 13.2 Å². The van der Waals surface area contributed by atoms with Gasteiger partial charge in [-0.15, -0.1) is 0 Å². The van der Waals surface area contributed by atoms with E-state index in [1.54, 1.807) is 22.9 Å². The van der Waals surface area contributed by atoms with E-state index in [2.05, 4.69) is 10.4 Å². The van der Waals surface area contributed by atoms with Crippen molar-refractivity contribution in [1.82, 2.24) is 9.78 Å². The largest absolute Gasteiger partial charge is 0.324 e. The van der Waals surface area contributed by atoms with Crippen molar-refractivity contribution in [2.75, 3.05) is 21.9 Å². The van der Waals surface area contributed by atoms with Gasteiger partial charge < -0.3 is 5.32 Å². The van der Waals surface area contributed by atoms with E-state index in [0.717, 1.165) is 17.0 Å². The SMILES string of the molecule is Cc1nn(C)c(C)c1C(C)C(=O)Nc1cc(N2CCCS2(=O)=O)ccc1Cl. The second kappa shape index (κ2) is 7.16. The highest BCUT2D eigenvalue weighted by Gasteiger charge is 2.29. The molecule has 1 fully saturated rings. The number of nitrogens with zero attached hydrogens (tertiary/aromatic N) is 3. The smallest absolute Gasteiger partial charge is 0.235 e. The van der Waals surface area contributed by atoms with E-state index in [0.29, 0.717) is 29.4 Å². The summed E-state index contributed by atoms with van der Waals surface area (Å²) in [4.78, 5) is 12.8. The Hall–Kier alpha value is -2.06. The summed E-state index contributed by atoms with van der Waals surface area (Å²) >= 11 is 6.24. The fraction of sp³-hybridized carbons (Fsp3) is 0.444. The monoisotopic (exact) mass is 410 g/mol. The second-order valence-corrected chi connectivity index (χ2v) is 9.24. The van der Waals surface area contributed by atoms with E-state index in [-0.39, 0.29) is 11.7 Å². The summed E-state index contributed by atoms with van der Waals surface area (Å²) < 4.78 is 27.4. The standard InChI is InChI=1S/C18H23ClN4O3S/c1-11(17-12(2)21-22(4)13(17)3)18(24)20-16-10-14(6-7-15(16)19)23-8-5-9-27(23,25)26/h6-7,10-11H,5,8-9H2,1-4H3,(H,20,24). The first-order chi connectivity index (χ1) is 12.6. The minimum absolute atomic E-state index is 0.133. The molecule has 1 aromatic carbocycles. The molecule has 3 rings (SSSR count). The third kappa shape index (κ3) is 3.68. The number of nitrogens with one attached hydrogen (secondary N) is 1. The first kappa shape index (κ1) is 19.7. The first-order valence-corrected chi connectivity index (χ1v) is 10.7. The van der Waals surface area contributed by atoms with Crippen LogP contribution in [-0.4, -0.2) is 36.4 Å². The number of hydrogen-bond donors (Lipinski definition) is 1. The van der Waals surface area contributed by atoms with Crippen LogP contribution in [0.25, 0.3) is 0 Å². The second-order valence-electron chi connectivity index (χ2n) is 6.82. The normalized spacial score (nSPS) is 17.1. The fourth-order valence-electron chi connectivity index (χ4n) is 3.48. The number of carbonyl (C=O) groups is 1. The number of carbonyl (C=O) groups excluding carboxylic acids is 1. The van der Waals surface area contributed by atoms with Gasteiger partial charge in [0.1, 0.15) is 0 Å². The molecule has 9 heteroatoms. The maximum absolute atomic E-state index is 12.8. The highest BCUT2D eigenvalue weighted by atomic mass is 35.5. The van der Waals surface area contributed by atoms with Crippen molar-refractivity contribution in [3.05, 3.63) is 40.2 Å². The Kier molecular flexibility index (Phi) is 5.22. The van der Waals surface area contributed by atoms with E-state index in [1.165, 1.54) is 4.31 Å². The lowest BCUT2D eigenvalue weighted by molar-refractivity contribution is -0.117. The highest BCUT2D eigenvalue weighted by molar-refractivity contribution is 7.93. The Morgan fingerprint density at radius 2 is 2.04 bits per heavy atom. The zero-order chi connectivity index (χ0) is 19.9. The zero-order valence-corrected chi connectivity index (χ0v) is 17.4. The molecular formula is C18H23ClN4O3S. The topological polar surface area (TPSA) is 84.3 Å². The molecule has 0 radical (unpaired) electrons. The molecule has 1 N–H and O–H groups in total. The molecule has 2 heterocycles. The Bertz CT molecular complexity index is 1000. The van der Waals surface area contributed by atoms with Gasteiger partial charge in [0, 0.05) is 24.8 Å². The van der Waals surface area contributed by atoms with Gasteiger partial charge in [0.25, 0.3) is 0 Å². The van der Waals surface area contributed by atoms with E-state index in [1.807, 2.05) is 27.8 Å². The van der Waals surface area contributed by atoms with Gasteiger partial charge in [-0.1, -0.05) is 11.6 Å². The number of anilines is 2. The van der Waals surface area contributed by atoms with Crippen molar-refractivity contribution >= 4 is 38.9 Å². The summed E-state index contributed by atoms with van der Waals surface area (Å²) in [7, 11) is -1.46. The number of hydrogen-bond acceptors (Lipinski definition) is 4. The first-order valence-electron chi connectivity index (χ1n) is 8.72. The molecule has 1 aromatic heterocycles. The molecule has 1 aliphatic rings. The molecule has 1 saturated heterocycles. The average Bonchev–Trinajstić information content (AvgIpc) is 3.07. The summed E-state index contributed by atoms with van der Waals surface area (Å²) in [5.41, 5.74) is 3.52. The van der Waals surface area contributed by atoms with Gasteiger partial charge in [-0.25, -0.2) is 8.42 Å². The Morgan fingerprint density at radius 1 is 1.33 bits per heavy atom. The highest BCUT2D eigenvalue weighted by Crippen LogP contribution is 2.32. The van der Waals surface area contributed by atoms with Crippen LogP contribution in [0.15, 0.2) is 18.2 Å². The van der Waals surface area contributed by atoms with Crippen LogP contribution in [0.3, 0.4) is 0 Å². The van der Waals surface area contributed by atoms with Gasteiger partial charge in [-0.05, 0) is 45.4 Å². The Balaban J connectivity index is 1.87. The van der Waals surface area contributed by atoms with Crippen LogP contribution in [-0.2, 0) is 21.9 Å². The summed E-state index contributed by atoms with van der Waals surface area (Å²) in [5.74, 6) is -0.514. The minimum Gasteiger partial charge on any atom is -0.324 e. The molecule has 0 spiro atoms. The van der Waals surface area contributed by atoms with E-state index < -0.39 is 15.9 Å². The third-order valence-electron chi connectivity index (χ3n) is 4.99. The summed E-state index contributed by atoms with van der Waals surface area (Å²) in [6.45, 7) is 6.04. The van der Waals surface area contributed by atoms with Crippen LogP contribution in [0.5, 0.6) is 0 Å². The van der Waals surface area contributed by atoms with Crippen LogP contribution in [0.4, 0.5) is 11.4 Å². The molecule has 0 bridgehead atoms. The van der Waals surface area contributed by atoms with Gasteiger partial charge in [0.15, 0.2) is 0 Å². The number of rotatable bonds is 4. The van der Waals surface area contributed by atoms with Gasteiger partial charge in [-0.2, -0.15) is 5.10 Å². The van der Waals surface area contributed by atoms with Gasteiger partial charge in [-0.3, -0.25) is 13.8 Å². The predicted molar refractivity (Wildman–Crippen MR) is 107 cm³/mol. The molecular weight excluding hydrogens is 388 g/mol. The van der Waals surface area contributed by atoms with Crippen LogP contribution >= 0.6 is 11.6 Å².